The van der Waals surface area contributed by atoms with Crippen LogP contribution in [0.2, 0.25) is 5.02 Å². The lowest BCUT2D eigenvalue weighted by atomic mass is 10.1. The first-order valence-corrected chi connectivity index (χ1v) is 11.3. The molecule has 0 aliphatic carbocycles. The van der Waals surface area contributed by atoms with Crippen LogP contribution in [0.25, 0.3) is 11.1 Å². The summed E-state index contributed by atoms with van der Waals surface area (Å²) in [5.41, 5.74) is 6.04. The molecule has 3 heterocycles. The number of likely N-dealkylation sites (N-methyl/N-ethyl adjacent to an activating group) is 1. The molecule has 32 heavy (non-hydrogen) atoms. The van der Waals surface area contributed by atoms with E-state index in [1.54, 1.807) is 12.4 Å². The van der Waals surface area contributed by atoms with Gasteiger partial charge >= 0.3 is 6.03 Å². The van der Waals surface area contributed by atoms with Gasteiger partial charge in [-0.15, -0.1) is 0 Å². The van der Waals surface area contributed by atoms with Crippen LogP contribution in [0.3, 0.4) is 0 Å². The summed E-state index contributed by atoms with van der Waals surface area (Å²) >= 11 is 6.62. The Morgan fingerprint density at radius 1 is 0.906 bits per heavy atom. The van der Waals surface area contributed by atoms with E-state index in [1.165, 1.54) is 0 Å². The zero-order chi connectivity index (χ0) is 22.1. The number of carbonyl (C=O) groups is 1. The highest BCUT2D eigenvalue weighted by Crippen LogP contribution is 2.38. The standard InChI is InChI=1S/C25H26ClN5O/c1-29-12-14-30(15-13-29)24-17-23-20(16-22(24)26)8-11-31(23)25(32)28-21-4-2-18(3-5-21)19-6-9-27-10-7-19/h2-7,9-10,16-17H,8,11-15H2,1H3,(H,28,32). The molecule has 5 rings (SSSR count). The van der Waals surface area contributed by atoms with Gasteiger partial charge in [0, 0.05) is 50.8 Å². The van der Waals surface area contributed by atoms with Crippen molar-refractivity contribution < 1.29 is 4.79 Å². The van der Waals surface area contributed by atoms with Crippen molar-refractivity contribution in [1.29, 1.82) is 0 Å². The molecular weight excluding hydrogens is 422 g/mol. The molecule has 1 aromatic heterocycles. The predicted molar refractivity (Wildman–Crippen MR) is 131 cm³/mol. The van der Waals surface area contributed by atoms with Crippen molar-refractivity contribution >= 4 is 34.7 Å². The second kappa shape index (κ2) is 8.81. The molecule has 2 aliphatic rings. The Morgan fingerprint density at radius 3 is 2.31 bits per heavy atom. The summed E-state index contributed by atoms with van der Waals surface area (Å²) in [6, 6.07) is 15.8. The number of hydrogen-bond acceptors (Lipinski definition) is 4. The first-order valence-electron chi connectivity index (χ1n) is 10.9. The van der Waals surface area contributed by atoms with Gasteiger partial charge in [-0.05, 0) is 66.6 Å². The average molecular weight is 448 g/mol. The quantitative estimate of drug-likeness (QED) is 0.629. The van der Waals surface area contributed by atoms with Crippen molar-refractivity contribution in [3.8, 4) is 11.1 Å². The minimum absolute atomic E-state index is 0.118. The second-order valence-electron chi connectivity index (χ2n) is 8.37. The third-order valence-corrected chi connectivity index (χ3v) is 6.59. The van der Waals surface area contributed by atoms with Crippen molar-refractivity contribution in [1.82, 2.24) is 9.88 Å². The topological polar surface area (TPSA) is 51.7 Å². The van der Waals surface area contributed by atoms with Crippen LogP contribution in [0, 0.1) is 0 Å². The van der Waals surface area contributed by atoms with Crippen LogP contribution >= 0.6 is 11.6 Å². The minimum atomic E-state index is -0.118. The first kappa shape index (κ1) is 20.8. The van der Waals surface area contributed by atoms with Crippen molar-refractivity contribution in [2.24, 2.45) is 0 Å². The van der Waals surface area contributed by atoms with Crippen LogP contribution in [0.15, 0.2) is 60.9 Å². The minimum Gasteiger partial charge on any atom is -0.368 e. The van der Waals surface area contributed by atoms with E-state index in [2.05, 4.69) is 33.2 Å². The summed E-state index contributed by atoms with van der Waals surface area (Å²) in [5, 5.41) is 3.81. The normalized spacial score (nSPS) is 16.2. The van der Waals surface area contributed by atoms with Gasteiger partial charge in [0.1, 0.15) is 0 Å². The Balaban J connectivity index is 1.32. The molecule has 0 radical (unpaired) electrons. The molecule has 6 nitrogen and oxygen atoms in total. The van der Waals surface area contributed by atoms with E-state index in [4.69, 9.17) is 11.6 Å². The lowest BCUT2D eigenvalue weighted by molar-refractivity contribution is 0.257. The van der Waals surface area contributed by atoms with Gasteiger partial charge in [0.15, 0.2) is 0 Å². The number of aromatic nitrogens is 1. The maximum absolute atomic E-state index is 13.1. The molecular formula is C25H26ClN5O. The van der Waals surface area contributed by atoms with E-state index in [0.717, 1.165) is 71.4 Å². The smallest absolute Gasteiger partial charge is 0.326 e. The molecule has 0 unspecified atom stereocenters. The highest BCUT2D eigenvalue weighted by atomic mass is 35.5. The summed E-state index contributed by atoms with van der Waals surface area (Å²) in [5.74, 6) is 0. The summed E-state index contributed by atoms with van der Waals surface area (Å²) in [6.07, 6.45) is 4.36. The number of halogens is 1. The van der Waals surface area contributed by atoms with Gasteiger partial charge in [-0.25, -0.2) is 4.79 Å². The molecule has 0 spiro atoms. The molecule has 2 amide bonds. The third-order valence-electron chi connectivity index (χ3n) is 6.28. The second-order valence-corrected chi connectivity index (χ2v) is 8.77. The van der Waals surface area contributed by atoms with E-state index < -0.39 is 0 Å². The Bertz CT molecular complexity index is 1110. The number of anilines is 3. The molecule has 1 N–H and O–H groups in total. The van der Waals surface area contributed by atoms with Crippen LogP contribution in [-0.4, -0.2) is 55.7 Å². The van der Waals surface area contributed by atoms with Gasteiger partial charge in [-0.2, -0.15) is 0 Å². The van der Waals surface area contributed by atoms with Gasteiger partial charge in [-0.3, -0.25) is 9.88 Å². The molecule has 2 aliphatic heterocycles. The fourth-order valence-electron chi connectivity index (χ4n) is 4.38. The maximum atomic E-state index is 13.1. The van der Waals surface area contributed by atoms with Crippen LogP contribution < -0.4 is 15.1 Å². The lowest BCUT2D eigenvalue weighted by Gasteiger charge is -2.35. The van der Waals surface area contributed by atoms with Crippen molar-refractivity contribution in [2.45, 2.75) is 6.42 Å². The predicted octanol–water partition coefficient (Wildman–Crippen LogP) is 4.75. The summed E-state index contributed by atoms with van der Waals surface area (Å²) in [7, 11) is 2.14. The molecule has 2 aromatic carbocycles. The molecule has 0 atom stereocenters. The van der Waals surface area contributed by atoms with Gasteiger partial charge in [-0.1, -0.05) is 23.7 Å². The van der Waals surface area contributed by atoms with E-state index in [9.17, 15) is 4.79 Å². The number of nitrogens with zero attached hydrogens (tertiary/aromatic N) is 4. The summed E-state index contributed by atoms with van der Waals surface area (Å²) in [6.45, 7) is 4.54. The zero-order valence-electron chi connectivity index (χ0n) is 18.1. The van der Waals surface area contributed by atoms with E-state index in [0.29, 0.717) is 6.54 Å². The number of nitrogens with one attached hydrogen (secondary N) is 1. The summed E-state index contributed by atoms with van der Waals surface area (Å²) in [4.78, 5) is 23.6. The third kappa shape index (κ3) is 4.16. The van der Waals surface area contributed by atoms with Crippen LogP contribution in [-0.2, 0) is 6.42 Å². The van der Waals surface area contributed by atoms with Crippen molar-refractivity contribution in [3.63, 3.8) is 0 Å². The van der Waals surface area contributed by atoms with Crippen LogP contribution in [0.1, 0.15) is 5.56 Å². The number of urea groups is 1. The van der Waals surface area contributed by atoms with Gasteiger partial charge in [0.05, 0.1) is 16.4 Å². The number of rotatable bonds is 3. The van der Waals surface area contributed by atoms with Crippen LogP contribution in [0.4, 0.5) is 21.9 Å². The number of piperazine rings is 1. The Kier molecular flexibility index (Phi) is 5.72. The highest BCUT2D eigenvalue weighted by Gasteiger charge is 2.28. The Morgan fingerprint density at radius 2 is 1.59 bits per heavy atom. The maximum Gasteiger partial charge on any atom is 0.326 e. The highest BCUT2D eigenvalue weighted by molar-refractivity contribution is 6.33. The lowest BCUT2D eigenvalue weighted by Crippen LogP contribution is -2.44. The largest absolute Gasteiger partial charge is 0.368 e. The Labute approximate surface area is 193 Å². The fraction of sp³-hybridized carbons (Fsp3) is 0.280. The number of carbonyl (C=O) groups excluding carboxylic acids is 1. The molecule has 0 bridgehead atoms. The first-order chi connectivity index (χ1) is 15.6. The van der Waals surface area contributed by atoms with E-state index >= 15 is 0 Å². The monoisotopic (exact) mass is 447 g/mol. The van der Waals surface area contributed by atoms with E-state index in [1.807, 2.05) is 47.4 Å². The SMILES string of the molecule is CN1CCN(c2cc3c(cc2Cl)CCN3C(=O)Nc2ccc(-c3ccncc3)cc2)CC1. The molecule has 1 fully saturated rings. The number of benzene rings is 2. The van der Waals surface area contributed by atoms with Crippen LogP contribution in [0.5, 0.6) is 0 Å². The number of amides is 2. The number of fused-ring (bicyclic) bond motifs is 1. The molecule has 0 saturated carbocycles. The van der Waals surface area contributed by atoms with Gasteiger partial charge in [0.2, 0.25) is 0 Å². The molecule has 1 saturated heterocycles. The summed E-state index contributed by atoms with van der Waals surface area (Å²) < 4.78 is 0. The van der Waals surface area contributed by atoms with Gasteiger partial charge in [0.25, 0.3) is 0 Å². The van der Waals surface area contributed by atoms with E-state index in [-0.39, 0.29) is 6.03 Å². The van der Waals surface area contributed by atoms with Gasteiger partial charge < -0.3 is 15.1 Å². The van der Waals surface area contributed by atoms with Crippen molar-refractivity contribution in [2.75, 3.05) is 54.9 Å². The Hall–Kier alpha value is -3.09. The average Bonchev–Trinajstić information content (AvgIpc) is 3.23. The molecule has 3 aromatic rings. The molecule has 7 heteroatoms. The number of pyridine rings is 1. The number of hydrogen-bond donors (Lipinski definition) is 1. The van der Waals surface area contributed by atoms with Crippen molar-refractivity contribution in [3.05, 3.63) is 71.5 Å². The molecule has 164 valence electrons. The zero-order valence-corrected chi connectivity index (χ0v) is 18.8. The fourth-order valence-corrected chi connectivity index (χ4v) is 4.68.